The molecule has 1 aromatic heterocycles. The summed E-state index contributed by atoms with van der Waals surface area (Å²) in [5.74, 6) is 6.73. The van der Waals surface area contributed by atoms with Gasteiger partial charge in [0.15, 0.2) is 0 Å². The van der Waals surface area contributed by atoms with Crippen LogP contribution in [0.2, 0.25) is 0 Å². The fourth-order valence-corrected chi connectivity index (χ4v) is 4.20. The van der Waals surface area contributed by atoms with Crippen molar-refractivity contribution in [2.45, 2.75) is 43.9 Å². The van der Waals surface area contributed by atoms with Crippen LogP contribution in [0.5, 0.6) is 0 Å². The van der Waals surface area contributed by atoms with E-state index in [1.54, 1.807) is 6.26 Å². The van der Waals surface area contributed by atoms with Gasteiger partial charge in [0.05, 0.1) is 17.6 Å². The van der Waals surface area contributed by atoms with Crippen molar-refractivity contribution in [2.24, 2.45) is 11.8 Å². The lowest BCUT2D eigenvalue weighted by molar-refractivity contribution is 0.273. The molecule has 3 N–H and O–H groups in total. The highest BCUT2D eigenvalue weighted by molar-refractivity contribution is 7.91. The van der Waals surface area contributed by atoms with E-state index in [0.29, 0.717) is 6.42 Å². The van der Waals surface area contributed by atoms with Gasteiger partial charge in [-0.3, -0.25) is 11.3 Å². The summed E-state index contributed by atoms with van der Waals surface area (Å²) < 4.78 is 28.7. The second kappa shape index (κ2) is 5.64. The van der Waals surface area contributed by atoms with Crippen molar-refractivity contribution in [3.05, 3.63) is 23.7 Å². The summed E-state index contributed by atoms with van der Waals surface area (Å²) in [7, 11) is -2.97. The first-order chi connectivity index (χ1) is 8.91. The van der Waals surface area contributed by atoms with Gasteiger partial charge in [0, 0.05) is 11.8 Å². The van der Waals surface area contributed by atoms with Crippen LogP contribution in [0.25, 0.3) is 0 Å². The van der Waals surface area contributed by atoms with E-state index in [1.807, 2.05) is 13.0 Å². The lowest BCUT2D eigenvalue weighted by Gasteiger charge is -2.33. The second-order valence-electron chi connectivity index (χ2n) is 5.51. The van der Waals surface area contributed by atoms with Gasteiger partial charge in [0.2, 0.25) is 0 Å². The highest BCUT2D eigenvalue weighted by atomic mass is 32.2. The Bertz CT molecular complexity index is 524. The van der Waals surface area contributed by atoms with Crippen LogP contribution in [0.1, 0.15) is 43.0 Å². The third-order valence-corrected chi connectivity index (χ3v) is 5.67. The molecule has 3 unspecified atom stereocenters. The summed E-state index contributed by atoms with van der Waals surface area (Å²) >= 11 is 0. The molecule has 0 spiro atoms. The molecule has 1 saturated carbocycles. The van der Waals surface area contributed by atoms with Crippen molar-refractivity contribution in [3.63, 3.8) is 0 Å². The topological polar surface area (TPSA) is 85.3 Å². The molecule has 0 radical (unpaired) electrons. The van der Waals surface area contributed by atoms with Gasteiger partial charge < -0.3 is 4.42 Å². The van der Waals surface area contributed by atoms with Crippen LogP contribution < -0.4 is 11.3 Å². The molecule has 2 rings (SSSR count). The summed E-state index contributed by atoms with van der Waals surface area (Å²) in [4.78, 5) is 0. The first-order valence-corrected chi connectivity index (χ1v) is 8.57. The number of furan rings is 1. The van der Waals surface area contributed by atoms with Crippen molar-refractivity contribution in [1.29, 1.82) is 0 Å². The molecule has 1 aliphatic carbocycles. The lowest BCUT2D eigenvalue weighted by atomic mass is 9.81. The van der Waals surface area contributed by atoms with Crippen molar-refractivity contribution in [2.75, 3.05) is 6.26 Å². The third kappa shape index (κ3) is 3.38. The van der Waals surface area contributed by atoms with Gasteiger partial charge >= 0.3 is 0 Å². The summed E-state index contributed by atoms with van der Waals surface area (Å²) in [6.45, 7) is 1.89. The van der Waals surface area contributed by atoms with Gasteiger partial charge in [-0.2, -0.15) is 0 Å². The minimum atomic E-state index is -2.97. The first kappa shape index (κ1) is 14.6. The number of hydrogen-bond acceptors (Lipinski definition) is 5. The van der Waals surface area contributed by atoms with Crippen LogP contribution in [0.3, 0.4) is 0 Å². The standard InChI is InChI=1S/C13H22N2O3S/c1-9-6-11(8-18-9)13(15-14)10-4-3-5-12(7-10)19(2,16)17/h6,8,10,12-13,15H,3-5,7,14H2,1-2H3. The van der Waals surface area contributed by atoms with Crippen LogP contribution >= 0.6 is 0 Å². The minimum Gasteiger partial charge on any atom is -0.469 e. The monoisotopic (exact) mass is 286 g/mol. The molecule has 5 nitrogen and oxygen atoms in total. The van der Waals surface area contributed by atoms with E-state index in [4.69, 9.17) is 10.3 Å². The van der Waals surface area contributed by atoms with Crippen LogP contribution in [0.4, 0.5) is 0 Å². The van der Waals surface area contributed by atoms with Crippen molar-refractivity contribution in [3.8, 4) is 0 Å². The zero-order valence-corrected chi connectivity index (χ0v) is 12.2. The fraction of sp³-hybridized carbons (Fsp3) is 0.692. The number of nitrogens with two attached hydrogens (primary N) is 1. The maximum atomic E-state index is 11.7. The van der Waals surface area contributed by atoms with Gasteiger partial charge in [-0.1, -0.05) is 6.42 Å². The largest absolute Gasteiger partial charge is 0.469 e. The molecule has 0 aromatic carbocycles. The molecule has 1 aromatic rings. The predicted octanol–water partition coefficient (Wildman–Crippen LogP) is 1.70. The lowest BCUT2D eigenvalue weighted by Crippen LogP contribution is -2.38. The Labute approximate surface area is 114 Å². The second-order valence-corrected chi connectivity index (χ2v) is 7.84. The van der Waals surface area contributed by atoms with Crippen molar-refractivity contribution < 1.29 is 12.8 Å². The van der Waals surface area contributed by atoms with Crippen LogP contribution in [-0.2, 0) is 9.84 Å². The molecule has 0 saturated heterocycles. The van der Waals surface area contributed by atoms with Crippen LogP contribution in [-0.4, -0.2) is 19.9 Å². The Balaban J connectivity index is 2.15. The zero-order valence-electron chi connectivity index (χ0n) is 11.4. The first-order valence-electron chi connectivity index (χ1n) is 6.62. The maximum Gasteiger partial charge on any atom is 0.150 e. The third-order valence-electron chi connectivity index (χ3n) is 4.03. The van der Waals surface area contributed by atoms with Gasteiger partial charge in [-0.25, -0.2) is 8.42 Å². The van der Waals surface area contributed by atoms with E-state index in [9.17, 15) is 8.42 Å². The molecule has 1 fully saturated rings. The summed E-state index contributed by atoms with van der Waals surface area (Å²) in [5, 5.41) is -0.241. The number of nitrogens with one attached hydrogen (secondary N) is 1. The van der Waals surface area contributed by atoms with Gasteiger partial charge in [-0.15, -0.1) is 0 Å². The Hall–Kier alpha value is -0.850. The van der Waals surface area contributed by atoms with Crippen molar-refractivity contribution >= 4 is 9.84 Å². The average molecular weight is 286 g/mol. The van der Waals surface area contributed by atoms with E-state index < -0.39 is 9.84 Å². The van der Waals surface area contributed by atoms with Gasteiger partial charge in [0.1, 0.15) is 15.6 Å². The number of sulfone groups is 1. The Morgan fingerprint density at radius 2 is 2.21 bits per heavy atom. The minimum absolute atomic E-state index is 0.0398. The molecule has 0 amide bonds. The van der Waals surface area contributed by atoms with E-state index in [0.717, 1.165) is 30.6 Å². The number of hydrazine groups is 1. The fourth-order valence-electron chi connectivity index (χ4n) is 3.00. The van der Waals surface area contributed by atoms with Gasteiger partial charge in [-0.05, 0) is 38.2 Å². The van der Waals surface area contributed by atoms with E-state index in [-0.39, 0.29) is 17.2 Å². The maximum absolute atomic E-state index is 11.7. The molecule has 1 aliphatic rings. The van der Waals surface area contributed by atoms with Crippen molar-refractivity contribution in [1.82, 2.24) is 5.43 Å². The molecule has 108 valence electrons. The molecule has 0 aliphatic heterocycles. The molecule has 0 bridgehead atoms. The van der Waals surface area contributed by atoms with E-state index >= 15 is 0 Å². The molecular weight excluding hydrogens is 264 g/mol. The normalized spacial score (nSPS) is 26.3. The smallest absolute Gasteiger partial charge is 0.150 e. The summed E-state index contributed by atoms with van der Waals surface area (Å²) in [5.41, 5.74) is 3.82. The number of hydrogen-bond donors (Lipinski definition) is 2. The Morgan fingerprint density at radius 3 is 2.74 bits per heavy atom. The Kier molecular flexibility index (Phi) is 4.32. The molecule has 1 heterocycles. The summed E-state index contributed by atoms with van der Waals surface area (Å²) in [6.07, 6.45) is 6.37. The number of aryl methyl sites for hydroxylation is 1. The SMILES string of the molecule is Cc1cc(C(NN)C2CCCC(S(C)(=O)=O)C2)co1. The van der Waals surface area contributed by atoms with Crippen LogP contribution in [0.15, 0.2) is 16.7 Å². The number of rotatable bonds is 4. The van der Waals surface area contributed by atoms with Gasteiger partial charge in [0.25, 0.3) is 0 Å². The molecular formula is C13H22N2O3S. The molecule has 19 heavy (non-hydrogen) atoms. The van der Waals surface area contributed by atoms with E-state index in [1.165, 1.54) is 6.26 Å². The van der Waals surface area contributed by atoms with Crippen LogP contribution in [0, 0.1) is 12.8 Å². The quantitative estimate of drug-likeness (QED) is 0.650. The Morgan fingerprint density at radius 1 is 1.47 bits per heavy atom. The summed E-state index contributed by atoms with van der Waals surface area (Å²) in [6, 6.07) is 1.91. The molecule has 3 atom stereocenters. The van der Waals surface area contributed by atoms with E-state index in [2.05, 4.69) is 5.43 Å². The average Bonchev–Trinajstić information content (AvgIpc) is 2.76. The highest BCUT2D eigenvalue weighted by Gasteiger charge is 2.33. The predicted molar refractivity (Wildman–Crippen MR) is 74.1 cm³/mol. The highest BCUT2D eigenvalue weighted by Crippen LogP contribution is 2.36. The molecule has 6 heteroatoms. The zero-order chi connectivity index (χ0) is 14.0.